The minimum Gasteiger partial charge on any atom is -0.382 e. The van der Waals surface area contributed by atoms with Crippen LogP contribution in [0, 0.1) is 0 Å². The Morgan fingerprint density at radius 3 is 3.08 bits per heavy atom. The second-order valence-corrected chi connectivity index (χ2v) is 3.04. The van der Waals surface area contributed by atoms with Gasteiger partial charge in [-0.3, -0.25) is 4.90 Å². The first-order valence-corrected chi connectivity index (χ1v) is 4.13. The average Bonchev–Trinajstić information content (AvgIpc) is 2.46. The molecule has 4 nitrogen and oxygen atoms in total. The lowest BCUT2D eigenvalue weighted by atomic mass is 10.2. The molecule has 2 N–H and O–H groups in total. The smallest absolute Gasteiger partial charge is 0.146 e. The molecule has 1 aliphatic rings. The van der Waals surface area contributed by atoms with E-state index in [0.29, 0.717) is 5.82 Å². The molecule has 0 radical (unpaired) electrons. The molecule has 1 aromatic heterocycles. The lowest BCUT2D eigenvalue weighted by Crippen LogP contribution is -2.14. The summed E-state index contributed by atoms with van der Waals surface area (Å²) in [6.07, 6.45) is 0. The van der Waals surface area contributed by atoms with E-state index >= 15 is 0 Å². The maximum Gasteiger partial charge on any atom is 0.146 e. The second kappa shape index (κ2) is 2.71. The Balaban J connectivity index is 2.30. The van der Waals surface area contributed by atoms with Crippen molar-refractivity contribution in [3.05, 3.63) is 17.3 Å². The Kier molecular flexibility index (Phi) is 1.69. The van der Waals surface area contributed by atoms with E-state index in [1.165, 1.54) is 5.56 Å². The highest BCUT2D eigenvalue weighted by atomic mass is 15.2. The van der Waals surface area contributed by atoms with Crippen molar-refractivity contribution in [1.82, 2.24) is 15.1 Å². The van der Waals surface area contributed by atoms with Crippen molar-refractivity contribution in [3.8, 4) is 0 Å². The first kappa shape index (κ1) is 7.49. The molecule has 1 aliphatic heterocycles. The molecule has 0 atom stereocenters. The lowest BCUT2D eigenvalue weighted by molar-refractivity contribution is 0.299. The first-order chi connectivity index (χ1) is 5.79. The quantitative estimate of drug-likeness (QED) is 0.652. The van der Waals surface area contributed by atoms with Crippen molar-refractivity contribution in [2.45, 2.75) is 20.0 Å². The molecule has 2 rings (SSSR count). The van der Waals surface area contributed by atoms with Gasteiger partial charge in [0.25, 0.3) is 0 Å². The highest BCUT2D eigenvalue weighted by molar-refractivity contribution is 5.34. The molecular formula is C8H12N4. The van der Waals surface area contributed by atoms with Gasteiger partial charge in [0.1, 0.15) is 5.82 Å². The van der Waals surface area contributed by atoms with Gasteiger partial charge in [-0.15, -0.1) is 5.10 Å². The van der Waals surface area contributed by atoms with Crippen molar-refractivity contribution in [3.63, 3.8) is 0 Å². The highest BCUT2D eigenvalue weighted by Crippen LogP contribution is 2.20. The van der Waals surface area contributed by atoms with Gasteiger partial charge < -0.3 is 5.73 Å². The molecule has 2 heterocycles. The Hall–Kier alpha value is -1.16. The number of aromatic nitrogens is 2. The zero-order valence-electron chi connectivity index (χ0n) is 7.12. The Labute approximate surface area is 71.4 Å². The van der Waals surface area contributed by atoms with Crippen LogP contribution in [0.2, 0.25) is 0 Å². The van der Waals surface area contributed by atoms with E-state index in [0.717, 1.165) is 25.3 Å². The Morgan fingerprint density at radius 2 is 2.33 bits per heavy atom. The van der Waals surface area contributed by atoms with Crippen LogP contribution in [0.3, 0.4) is 0 Å². The molecule has 0 fully saturated rings. The van der Waals surface area contributed by atoms with Crippen LogP contribution < -0.4 is 5.73 Å². The lowest BCUT2D eigenvalue weighted by Gasteiger charge is -2.08. The highest BCUT2D eigenvalue weighted by Gasteiger charge is 2.18. The molecular weight excluding hydrogens is 152 g/mol. The summed E-state index contributed by atoms with van der Waals surface area (Å²) >= 11 is 0. The number of hydrogen-bond acceptors (Lipinski definition) is 4. The number of nitrogen functional groups attached to an aromatic ring is 1. The predicted octanol–water partition coefficient (Wildman–Crippen LogP) is 0.394. The molecule has 0 saturated heterocycles. The van der Waals surface area contributed by atoms with E-state index in [-0.39, 0.29) is 0 Å². The standard InChI is InChI=1S/C8H12N4/c1-2-12-4-6-3-8(9)11-10-7(6)5-12/h3H,2,4-5H2,1H3,(H2,9,11). The minimum atomic E-state index is 0.520. The molecule has 0 unspecified atom stereocenters. The van der Waals surface area contributed by atoms with E-state index < -0.39 is 0 Å². The average molecular weight is 164 g/mol. The van der Waals surface area contributed by atoms with Gasteiger partial charge in [-0.05, 0) is 18.2 Å². The van der Waals surface area contributed by atoms with Crippen LogP contribution in [0.25, 0.3) is 0 Å². The van der Waals surface area contributed by atoms with Crippen molar-refractivity contribution in [1.29, 1.82) is 0 Å². The van der Waals surface area contributed by atoms with Gasteiger partial charge in [0.15, 0.2) is 0 Å². The van der Waals surface area contributed by atoms with Crippen LogP contribution in [0.1, 0.15) is 18.2 Å². The molecule has 64 valence electrons. The van der Waals surface area contributed by atoms with Gasteiger partial charge in [-0.25, -0.2) is 0 Å². The van der Waals surface area contributed by atoms with Crippen molar-refractivity contribution < 1.29 is 0 Å². The van der Waals surface area contributed by atoms with Gasteiger partial charge in [0.05, 0.1) is 5.69 Å². The van der Waals surface area contributed by atoms with Crippen LogP contribution in [0.5, 0.6) is 0 Å². The van der Waals surface area contributed by atoms with E-state index in [2.05, 4.69) is 22.0 Å². The summed E-state index contributed by atoms with van der Waals surface area (Å²) in [5.41, 5.74) is 7.83. The first-order valence-electron chi connectivity index (χ1n) is 4.13. The number of nitrogens with zero attached hydrogens (tertiary/aromatic N) is 3. The molecule has 0 amide bonds. The van der Waals surface area contributed by atoms with Crippen LogP contribution >= 0.6 is 0 Å². The summed E-state index contributed by atoms with van der Waals surface area (Å²) in [6, 6.07) is 1.91. The third-order valence-electron chi connectivity index (χ3n) is 2.19. The zero-order valence-corrected chi connectivity index (χ0v) is 7.12. The van der Waals surface area contributed by atoms with E-state index in [9.17, 15) is 0 Å². The van der Waals surface area contributed by atoms with Crippen LogP contribution in [0.15, 0.2) is 6.07 Å². The Bertz CT molecular complexity index is 297. The maximum absolute atomic E-state index is 5.53. The van der Waals surface area contributed by atoms with Gasteiger partial charge in [0.2, 0.25) is 0 Å². The third-order valence-corrected chi connectivity index (χ3v) is 2.19. The van der Waals surface area contributed by atoms with Crippen LogP contribution in [-0.4, -0.2) is 21.6 Å². The van der Waals surface area contributed by atoms with E-state index in [4.69, 9.17) is 5.73 Å². The number of hydrogen-bond donors (Lipinski definition) is 1. The van der Waals surface area contributed by atoms with Crippen molar-refractivity contribution >= 4 is 5.82 Å². The molecule has 0 saturated carbocycles. The summed E-state index contributed by atoms with van der Waals surface area (Å²) in [6.45, 7) is 5.07. The number of anilines is 1. The van der Waals surface area contributed by atoms with Crippen LogP contribution in [-0.2, 0) is 13.1 Å². The Morgan fingerprint density at radius 1 is 1.50 bits per heavy atom. The monoisotopic (exact) mass is 164 g/mol. The molecule has 0 aliphatic carbocycles. The number of rotatable bonds is 1. The van der Waals surface area contributed by atoms with Gasteiger partial charge in [0, 0.05) is 13.1 Å². The summed E-state index contributed by atoms with van der Waals surface area (Å²) in [4.78, 5) is 2.30. The van der Waals surface area contributed by atoms with E-state index in [1.807, 2.05) is 6.07 Å². The summed E-state index contributed by atoms with van der Waals surface area (Å²) in [5, 5.41) is 7.86. The second-order valence-electron chi connectivity index (χ2n) is 3.04. The molecule has 0 aromatic carbocycles. The van der Waals surface area contributed by atoms with Gasteiger partial charge in [-0.1, -0.05) is 6.92 Å². The van der Waals surface area contributed by atoms with Crippen molar-refractivity contribution in [2.24, 2.45) is 0 Å². The molecule has 4 heteroatoms. The largest absolute Gasteiger partial charge is 0.382 e. The number of nitrogens with two attached hydrogens (primary N) is 1. The van der Waals surface area contributed by atoms with E-state index in [1.54, 1.807) is 0 Å². The van der Waals surface area contributed by atoms with Gasteiger partial charge in [-0.2, -0.15) is 5.10 Å². The molecule has 12 heavy (non-hydrogen) atoms. The summed E-state index contributed by atoms with van der Waals surface area (Å²) < 4.78 is 0. The molecule has 0 bridgehead atoms. The predicted molar refractivity (Wildman–Crippen MR) is 46.2 cm³/mol. The molecule has 1 aromatic rings. The summed E-state index contributed by atoms with van der Waals surface area (Å²) in [7, 11) is 0. The zero-order chi connectivity index (χ0) is 8.55. The third kappa shape index (κ3) is 1.14. The summed E-state index contributed by atoms with van der Waals surface area (Å²) in [5.74, 6) is 0.520. The SMILES string of the molecule is CCN1Cc2cc(N)nnc2C1. The van der Waals surface area contributed by atoms with Gasteiger partial charge >= 0.3 is 0 Å². The molecule has 0 spiro atoms. The normalized spacial score (nSPS) is 16.4. The fourth-order valence-corrected chi connectivity index (χ4v) is 1.48. The number of fused-ring (bicyclic) bond motifs is 1. The van der Waals surface area contributed by atoms with Crippen LogP contribution in [0.4, 0.5) is 5.82 Å². The topological polar surface area (TPSA) is 55.0 Å². The maximum atomic E-state index is 5.53. The fraction of sp³-hybridized carbons (Fsp3) is 0.500. The fourth-order valence-electron chi connectivity index (χ4n) is 1.48. The minimum absolute atomic E-state index is 0.520. The van der Waals surface area contributed by atoms with Crippen molar-refractivity contribution in [2.75, 3.05) is 12.3 Å².